The van der Waals surface area contributed by atoms with E-state index in [0.29, 0.717) is 13.1 Å². The van der Waals surface area contributed by atoms with Crippen molar-refractivity contribution in [2.75, 3.05) is 29.5 Å². The molecule has 1 fully saturated rings. The van der Waals surface area contributed by atoms with Crippen LogP contribution in [0.1, 0.15) is 0 Å². The minimum atomic E-state index is -2.82. The highest BCUT2D eigenvalue weighted by molar-refractivity contribution is 7.99. The third kappa shape index (κ3) is 3.80. The number of sulfone groups is 1. The predicted molar refractivity (Wildman–Crippen MR) is 87.9 cm³/mol. The van der Waals surface area contributed by atoms with Gasteiger partial charge in [0.2, 0.25) is 0 Å². The number of hydrogen-bond donors (Lipinski definition) is 0. The summed E-state index contributed by atoms with van der Waals surface area (Å²) in [5.41, 5.74) is 1.10. The van der Waals surface area contributed by atoms with Gasteiger partial charge in [-0.05, 0) is 36.4 Å². The standard InChI is InChI=1S/C16H17NO2S2/c18-21(19)12-10-17(11-13-21)14-6-8-16(9-7-14)20-15-4-2-1-3-5-15/h1-9H,10-13H2. The van der Waals surface area contributed by atoms with Crippen LogP contribution in [0.3, 0.4) is 0 Å². The van der Waals surface area contributed by atoms with Gasteiger partial charge in [0.25, 0.3) is 0 Å². The Morgan fingerprint density at radius 1 is 0.810 bits per heavy atom. The maximum absolute atomic E-state index is 11.5. The molecule has 3 rings (SSSR count). The van der Waals surface area contributed by atoms with Gasteiger partial charge in [0.05, 0.1) is 11.5 Å². The van der Waals surface area contributed by atoms with E-state index in [2.05, 4.69) is 41.3 Å². The van der Waals surface area contributed by atoms with Crippen LogP contribution in [0.4, 0.5) is 5.69 Å². The van der Waals surface area contributed by atoms with Crippen molar-refractivity contribution < 1.29 is 8.42 Å². The highest BCUT2D eigenvalue weighted by Gasteiger charge is 2.21. The lowest BCUT2D eigenvalue weighted by Gasteiger charge is -2.28. The van der Waals surface area contributed by atoms with Gasteiger partial charge in [-0.1, -0.05) is 30.0 Å². The van der Waals surface area contributed by atoms with Crippen LogP contribution in [0.2, 0.25) is 0 Å². The van der Waals surface area contributed by atoms with Gasteiger partial charge in [0.1, 0.15) is 0 Å². The molecule has 0 amide bonds. The Balaban J connectivity index is 1.67. The normalized spacial score (nSPS) is 17.6. The van der Waals surface area contributed by atoms with E-state index in [4.69, 9.17) is 0 Å². The first-order chi connectivity index (χ1) is 10.1. The number of hydrogen-bond acceptors (Lipinski definition) is 4. The van der Waals surface area contributed by atoms with Gasteiger partial charge in [-0.3, -0.25) is 0 Å². The number of benzene rings is 2. The SMILES string of the molecule is O=S1(=O)CCN(c2ccc(Sc3ccccc3)cc2)CC1. The molecule has 3 nitrogen and oxygen atoms in total. The Morgan fingerprint density at radius 3 is 2.00 bits per heavy atom. The van der Waals surface area contributed by atoms with E-state index < -0.39 is 9.84 Å². The summed E-state index contributed by atoms with van der Waals surface area (Å²) in [6, 6.07) is 18.6. The number of anilines is 1. The summed E-state index contributed by atoms with van der Waals surface area (Å²) in [5, 5.41) is 0. The molecular weight excluding hydrogens is 302 g/mol. The molecule has 0 aliphatic carbocycles. The molecule has 0 N–H and O–H groups in total. The zero-order chi connectivity index (χ0) is 14.7. The molecule has 1 aliphatic rings. The molecule has 2 aromatic rings. The fourth-order valence-electron chi connectivity index (χ4n) is 2.32. The lowest BCUT2D eigenvalue weighted by molar-refractivity contribution is 0.587. The summed E-state index contributed by atoms with van der Waals surface area (Å²) in [6.45, 7) is 1.18. The van der Waals surface area contributed by atoms with Gasteiger partial charge in [0, 0.05) is 28.6 Å². The Kier molecular flexibility index (Phi) is 4.22. The summed E-state index contributed by atoms with van der Waals surface area (Å²) in [6.07, 6.45) is 0. The van der Waals surface area contributed by atoms with Crippen molar-refractivity contribution >= 4 is 27.3 Å². The molecule has 1 heterocycles. The van der Waals surface area contributed by atoms with Gasteiger partial charge in [-0.25, -0.2) is 8.42 Å². The average molecular weight is 319 g/mol. The second-order valence-electron chi connectivity index (χ2n) is 5.05. The van der Waals surface area contributed by atoms with Gasteiger partial charge < -0.3 is 4.90 Å². The Bertz CT molecular complexity index is 683. The smallest absolute Gasteiger partial charge is 0.153 e. The zero-order valence-corrected chi connectivity index (χ0v) is 13.2. The fourth-order valence-corrected chi connectivity index (χ4v) is 4.36. The van der Waals surface area contributed by atoms with Crippen LogP contribution >= 0.6 is 11.8 Å². The van der Waals surface area contributed by atoms with E-state index in [1.807, 2.05) is 18.2 Å². The van der Waals surface area contributed by atoms with Crippen LogP contribution in [-0.4, -0.2) is 33.0 Å². The molecule has 0 aromatic heterocycles. The third-order valence-corrected chi connectivity index (χ3v) is 6.15. The molecular formula is C16H17NO2S2. The quantitative estimate of drug-likeness (QED) is 0.871. The first-order valence-electron chi connectivity index (χ1n) is 6.91. The molecule has 0 radical (unpaired) electrons. The lowest BCUT2D eigenvalue weighted by atomic mass is 10.3. The first-order valence-corrected chi connectivity index (χ1v) is 9.54. The van der Waals surface area contributed by atoms with Gasteiger partial charge >= 0.3 is 0 Å². The summed E-state index contributed by atoms with van der Waals surface area (Å²) >= 11 is 1.73. The average Bonchev–Trinajstić information content (AvgIpc) is 2.49. The Hall–Kier alpha value is -1.46. The number of nitrogens with zero attached hydrogens (tertiary/aromatic N) is 1. The summed E-state index contributed by atoms with van der Waals surface area (Å²) in [5.74, 6) is 0.515. The molecule has 21 heavy (non-hydrogen) atoms. The van der Waals surface area contributed by atoms with Crippen molar-refractivity contribution in [3.8, 4) is 0 Å². The van der Waals surface area contributed by atoms with E-state index in [-0.39, 0.29) is 11.5 Å². The van der Waals surface area contributed by atoms with Gasteiger partial charge in [0.15, 0.2) is 9.84 Å². The van der Waals surface area contributed by atoms with Crippen LogP contribution in [0.5, 0.6) is 0 Å². The van der Waals surface area contributed by atoms with E-state index in [1.54, 1.807) is 11.8 Å². The van der Waals surface area contributed by atoms with Gasteiger partial charge in [-0.15, -0.1) is 0 Å². The van der Waals surface area contributed by atoms with Crippen molar-refractivity contribution in [3.63, 3.8) is 0 Å². The van der Waals surface area contributed by atoms with Crippen molar-refractivity contribution in [1.82, 2.24) is 0 Å². The Labute approximate surface area is 129 Å². The van der Waals surface area contributed by atoms with Crippen molar-refractivity contribution in [3.05, 3.63) is 54.6 Å². The summed E-state index contributed by atoms with van der Waals surface area (Å²) < 4.78 is 22.9. The number of rotatable bonds is 3. The van der Waals surface area contributed by atoms with E-state index in [1.165, 1.54) is 9.79 Å². The van der Waals surface area contributed by atoms with Crippen molar-refractivity contribution in [2.45, 2.75) is 9.79 Å². The highest BCUT2D eigenvalue weighted by atomic mass is 32.2. The highest BCUT2D eigenvalue weighted by Crippen LogP contribution is 2.29. The van der Waals surface area contributed by atoms with E-state index in [0.717, 1.165) is 5.69 Å². The van der Waals surface area contributed by atoms with Crippen molar-refractivity contribution in [1.29, 1.82) is 0 Å². The maximum Gasteiger partial charge on any atom is 0.153 e. The van der Waals surface area contributed by atoms with E-state index >= 15 is 0 Å². The molecule has 0 bridgehead atoms. The van der Waals surface area contributed by atoms with Crippen molar-refractivity contribution in [2.24, 2.45) is 0 Å². The van der Waals surface area contributed by atoms with Crippen LogP contribution < -0.4 is 4.90 Å². The lowest BCUT2D eigenvalue weighted by Crippen LogP contribution is -2.40. The molecule has 0 atom stereocenters. The van der Waals surface area contributed by atoms with Crippen LogP contribution in [0, 0.1) is 0 Å². The molecule has 1 saturated heterocycles. The molecule has 0 unspecified atom stereocenters. The van der Waals surface area contributed by atoms with Crippen LogP contribution in [0.25, 0.3) is 0 Å². The summed E-state index contributed by atoms with van der Waals surface area (Å²) in [4.78, 5) is 4.54. The first kappa shape index (κ1) is 14.5. The Morgan fingerprint density at radius 2 is 1.38 bits per heavy atom. The monoisotopic (exact) mass is 319 g/mol. The largest absolute Gasteiger partial charge is 0.369 e. The zero-order valence-electron chi connectivity index (χ0n) is 11.6. The van der Waals surface area contributed by atoms with Gasteiger partial charge in [-0.2, -0.15) is 0 Å². The van der Waals surface area contributed by atoms with Crippen LogP contribution in [-0.2, 0) is 9.84 Å². The fraction of sp³-hybridized carbons (Fsp3) is 0.250. The molecule has 1 aliphatic heterocycles. The molecule has 110 valence electrons. The third-order valence-electron chi connectivity index (χ3n) is 3.53. The van der Waals surface area contributed by atoms with Crippen LogP contribution in [0.15, 0.2) is 64.4 Å². The second-order valence-corrected chi connectivity index (χ2v) is 8.50. The summed E-state index contributed by atoms with van der Waals surface area (Å²) in [7, 11) is -2.82. The minimum Gasteiger partial charge on any atom is -0.369 e. The second kappa shape index (κ2) is 6.12. The molecule has 5 heteroatoms. The predicted octanol–water partition coefficient (Wildman–Crippen LogP) is 3.07. The molecule has 2 aromatic carbocycles. The molecule has 0 saturated carbocycles. The molecule has 0 spiro atoms. The minimum absolute atomic E-state index is 0.257. The van der Waals surface area contributed by atoms with E-state index in [9.17, 15) is 8.42 Å². The maximum atomic E-state index is 11.5. The topological polar surface area (TPSA) is 37.4 Å².